The van der Waals surface area contributed by atoms with Gasteiger partial charge >= 0.3 is 0 Å². The summed E-state index contributed by atoms with van der Waals surface area (Å²) >= 11 is 3.79. The van der Waals surface area contributed by atoms with E-state index in [9.17, 15) is 4.79 Å². The number of nitrogens with two attached hydrogens (primary N) is 1. The van der Waals surface area contributed by atoms with E-state index in [-0.39, 0.29) is 6.54 Å². The van der Waals surface area contributed by atoms with Crippen LogP contribution in [0.1, 0.15) is 0 Å². The number of hydrogen-bond donors (Lipinski definition) is 2. The van der Waals surface area contributed by atoms with Crippen LogP contribution < -0.4 is 5.73 Å². The molecular formula is C3H6B2N2OS. The van der Waals surface area contributed by atoms with Crippen molar-refractivity contribution in [2.45, 2.75) is 5.25 Å². The molecule has 9 heavy (non-hydrogen) atoms. The summed E-state index contributed by atoms with van der Waals surface area (Å²) in [5.74, 6) is -0.485. The molecule has 3 nitrogen and oxygen atoms in total. The Kier molecular flexibility index (Phi) is 3.81. The van der Waals surface area contributed by atoms with Gasteiger partial charge in [-0.1, -0.05) is 0 Å². The van der Waals surface area contributed by atoms with Gasteiger partial charge < -0.3 is 10.5 Å². The van der Waals surface area contributed by atoms with Gasteiger partial charge in [0, 0.05) is 6.54 Å². The van der Waals surface area contributed by atoms with Crippen molar-refractivity contribution in [1.82, 2.24) is 4.72 Å². The van der Waals surface area contributed by atoms with Crippen LogP contribution in [0.3, 0.4) is 0 Å². The summed E-state index contributed by atoms with van der Waals surface area (Å²) < 4.78 is 0.477. The quantitative estimate of drug-likeness (QED) is 0.352. The first-order chi connectivity index (χ1) is 4.09. The Morgan fingerprint density at radius 2 is 2.22 bits per heavy atom. The average molecular weight is 140 g/mol. The number of carbonyl (C=O) groups excluding carboxylic acids is 1. The zero-order valence-corrected chi connectivity index (χ0v) is 5.71. The number of amides is 1. The van der Waals surface area contributed by atoms with Gasteiger partial charge in [-0.15, -0.1) is 0 Å². The Labute approximate surface area is 62.2 Å². The van der Waals surface area contributed by atoms with Crippen molar-refractivity contribution >= 4 is 34.5 Å². The summed E-state index contributed by atoms with van der Waals surface area (Å²) in [6.45, 7) is 0.132. The summed E-state index contributed by atoms with van der Waals surface area (Å²) in [6, 6.07) is 0. The predicted octanol–water partition coefficient (Wildman–Crippen LogP) is -1.76. The topological polar surface area (TPSA) is 46.3 Å². The molecule has 0 rings (SSSR count). The third-order valence-electron chi connectivity index (χ3n) is 0.763. The molecule has 0 saturated carbocycles. The Balaban J connectivity index is 3.73. The minimum Gasteiger partial charge on any atom is -0.448 e. The van der Waals surface area contributed by atoms with Crippen molar-refractivity contribution in [3.8, 4) is 0 Å². The molecule has 1 unspecified atom stereocenters. The fourth-order valence-corrected chi connectivity index (χ4v) is 0.406. The van der Waals surface area contributed by atoms with Gasteiger partial charge in [-0.05, 0) is 0 Å². The van der Waals surface area contributed by atoms with E-state index in [2.05, 4.69) is 12.6 Å². The number of hydrogen-bond acceptors (Lipinski definition) is 3. The molecule has 4 radical (unpaired) electrons. The molecule has 2 N–H and O–H groups in total. The third kappa shape index (κ3) is 2.81. The van der Waals surface area contributed by atoms with Crippen LogP contribution in [0.15, 0.2) is 0 Å². The van der Waals surface area contributed by atoms with Crippen molar-refractivity contribution in [3.05, 3.63) is 0 Å². The maximum Gasteiger partial charge on any atom is 0.211 e. The highest BCUT2D eigenvalue weighted by molar-refractivity contribution is 7.81. The molecule has 0 aromatic heterocycles. The van der Waals surface area contributed by atoms with Crippen molar-refractivity contribution < 1.29 is 4.79 Å². The Morgan fingerprint density at radius 1 is 1.78 bits per heavy atom. The second-order valence-electron chi connectivity index (χ2n) is 1.50. The van der Waals surface area contributed by atoms with E-state index in [1.54, 1.807) is 0 Å². The van der Waals surface area contributed by atoms with Gasteiger partial charge in [-0.2, -0.15) is 12.6 Å². The van der Waals surface area contributed by atoms with Crippen LogP contribution in [-0.2, 0) is 4.79 Å². The Hall–Kier alpha value is -0.0901. The third-order valence-corrected chi connectivity index (χ3v) is 1.19. The summed E-state index contributed by atoms with van der Waals surface area (Å²) in [5.41, 5.74) is 5.08. The SMILES string of the molecule is [B]N([B])C(=O)C(S)CN. The fraction of sp³-hybridized carbons (Fsp3) is 0.667. The Bertz CT molecular complexity index is 110. The molecule has 0 fully saturated rings. The smallest absolute Gasteiger partial charge is 0.211 e. The second kappa shape index (κ2) is 3.85. The summed E-state index contributed by atoms with van der Waals surface area (Å²) in [7, 11) is 9.74. The monoisotopic (exact) mass is 140 g/mol. The van der Waals surface area contributed by atoms with Crippen molar-refractivity contribution in [1.29, 1.82) is 0 Å². The van der Waals surface area contributed by atoms with Gasteiger partial charge in [0.05, 0.1) is 5.25 Å². The lowest BCUT2D eigenvalue weighted by atomic mass is 10.1. The van der Waals surface area contributed by atoms with Gasteiger partial charge in [0.2, 0.25) is 21.9 Å². The molecule has 0 aliphatic carbocycles. The van der Waals surface area contributed by atoms with Gasteiger partial charge in [0.1, 0.15) is 0 Å². The molecule has 46 valence electrons. The zero-order valence-electron chi connectivity index (χ0n) is 4.82. The molecule has 0 bridgehead atoms. The van der Waals surface area contributed by atoms with Crippen LogP contribution in [0.4, 0.5) is 0 Å². The van der Waals surface area contributed by atoms with E-state index in [1.165, 1.54) is 0 Å². The van der Waals surface area contributed by atoms with E-state index in [0.29, 0.717) is 4.72 Å². The van der Waals surface area contributed by atoms with Gasteiger partial charge in [-0.25, -0.2) is 0 Å². The van der Waals surface area contributed by atoms with Crippen molar-refractivity contribution in [2.24, 2.45) is 5.73 Å². The van der Waals surface area contributed by atoms with Crippen LogP contribution in [0.25, 0.3) is 0 Å². The van der Waals surface area contributed by atoms with E-state index >= 15 is 0 Å². The molecule has 0 aromatic carbocycles. The molecular weight excluding hydrogens is 134 g/mol. The first kappa shape index (κ1) is 8.91. The summed E-state index contributed by atoms with van der Waals surface area (Å²) in [5, 5.41) is -0.597. The van der Waals surface area contributed by atoms with E-state index in [0.717, 1.165) is 0 Å². The zero-order chi connectivity index (χ0) is 7.44. The number of thiol groups is 1. The number of nitrogens with zero attached hydrogens (tertiary/aromatic N) is 1. The lowest BCUT2D eigenvalue weighted by molar-refractivity contribution is -0.122. The highest BCUT2D eigenvalue weighted by Gasteiger charge is 2.11. The van der Waals surface area contributed by atoms with Gasteiger partial charge in [0.25, 0.3) is 0 Å². The molecule has 0 aliphatic heterocycles. The standard InChI is InChI=1S/C3H6B2N2OS/c4-7(5)3(8)2(9)1-6/h2,9H,1,6H2. The molecule has 0 aromatic rings. The molecule has 0 saturated heterocycles. The molecule has 1 amide bonds. The van der Waals surface area contributed by atoms with Crippen LogP contribution in [0.5, 0.6) is 0 Å². The largest absolute Gasteiger partial charge is 0.448 e. The van der Waals surface area contributed by atoms with Crippen LogP contribution in [0.2, 0.25) is 0 Å². The lowest BCUT2D eigenvalue weighted by Gasteiger charge is -2.14. The lowest BCUT2D eigenvalue weighted by Crippen LogP contribution is -2.36. The van der Waals surface area contributed by atoms with Gasteiger partial charge in [-0.3, -0.25) is 4.79 Å². The van der Waals surface area contributed by atoms with E-state index < -0.39 is 11.2 Å². The molecule has 0 aliphatic rings. The fourth-order valence-electron chi connectivity index (χ4n) is 0.273. The summed E-state index contributed by atoms with van der Waals surface area (Å²) in [4.78, 5) is 10.6. The minimum atomic E-state index is -0.597. The second-order valence-corrected chi connectivity index (χ2v) is 2.12. The Morgan fingerprint density at radius 3 is 2.33 bits per heavy atom. The van der Waals surface area contributed by atoms with E-state index in [4.69, 9.17) is 21.7 Å². The minimum absolute atomic E-state index is 0.132. The average Bonchev–Trinajstić information content (AvgIpc) is 1.84. The van der Waals surface area contributed by atoms with Crippen LogP contribution in [-0.4, -0.2) is 38.4 Å². The highest BCUT2D eigenvalue weighted by atomic mass is 32.1. The van der Waals surface area contributed by atoms with Crippen LogP contribution >= 0.6 is 12.6 Å². The van der Waals surface area contributed by atoms with E-state index in [1.807, 2.05) is 0 Å². The number of rotatable bonds is 2. The van der Waals surface area contributed by atoms with Crippen molar-refractivity contribution in [3.63, 3.8) is 0 Å². The first-order valence-electron chi connectivity index (χ1n) is 2.31. The number of carbonyl (C=O) groups is 1. The normalized spacial score (nSPS) is 12.7. The molecule has 0 spiro atoms. The van der Waals surface area contributed by atoms with Crippen molar-refractivity contribution in [2.75, 3.05) is 6.54 Å². The van der Waals surface area contributed by atoms with Crippen LogP contribution in [0, 0.1) is 0 Å². The first-order valence-corrected chi connectivity index (χ1v) is 2.82. The maximum atomic E-state index is 10.6. The highest BCUT2D eigenvalue weighted by Crippen LogP contribution is 1.94. The van der Waals surface area contributed by atoms with Gasteiger partial charge in [0.15, 0.2) is 0 Å². The molecule has 6 heteroatoms. The molecule has 0 heterocycles. The predicted molar refractivity (Wildman–Crippen MR) is 40.2 cm³/mol. The molecule has 1 atom stereocenters. The maximum absolute atomic E-state index is 10.6. The summed E-state index contributed by atoms with van der Waals surface area (Å²) in [6.07, 6.45) is 0.